The Labute approximate surface area is 220 Å². The molecule has 0 N–H and O–H groups in total. The Morgan fingerprint density at radius 2 is 1.74 bits per heavy atom. The molecule has 0 saturated heterocycles. The zero-order valence-corrected chi connectivity index (χ0v) is 22.0. The monoisotopic (exact) mass is 507 g/mol. The number of aryl methyl sites for hydroxylation is 4. The lowest BCUT2D eigenvalue weighted by Crippen LogP contribution is -2.26. The van der Waals surface area contributed by atoms with Gasteiger partial charge in [-0.3, -0.25) is 18.8 Å². The number of amides is 1. The molecule has 4 heterocycles. The lowest BCUT2D eigenvalue weighted by atomic mass is 9.91. The van der Waals surface area contributed by atoms with Gasteiger partial charge in [-0.15, -0.1) is 0 Å². The number of fused-ring (bicyclic) bond motifs is 3. The molecule has 0 bridgehead atoms. The van der Waals surface area contributed by atoms with Gasteiger partial charge in [-0.2, -0.15) is 15.3 Å². The minimum atomic E-state index is -0.00483. The fourth-order valence-electron chi connectivity index (χ4n) is 4.95. The number of hydrogen-bond acceptors (Lipinski definition) is 6. The summed E-state index contributed by atoms with van der Waals surface area (Å²) in [5.74, 6) is 0.714. The molecule has 1 aliphatic rings. The number of likely N-dealkylation sites (N-methyl/N-ethyl adjacent to an activating group) is 1. The number of aromatic nitrogens is 8. The van der Waals surface area contributed by atoms with Crippen molar-refractivity contribution in [1.29, 1.82) is 0 Å². The molecule has 10 nitrogen and oxygen atoms in total. The van der Waals surface area contributed by atoms with Crippen molar-refractivity contribution in [3.05, 3.63) is 77.9 Å². The first-order valence-electron chi connectivity index (χ1n) is 12.6. The average Bonchev–Trinajstić information content (AvgIpc) is 3.62. The minimum absolute atomic E-state index is 0.00483. The molecule has 5 aromatic rings. The second kappa shape index (κ2) is 9.37. The fourth-order valence-corrected chi connectivity index (χ4v) is 4.95. The Morgan fingerprint density at radius 3 is 2.47 bits per heavy atom. The predicted molar refractivity (Wildman–Crippen MR) is 143 cm³/mol. The van der Waals surface area contributed by atoms with Gasteiger partial charge in [-0.1, -0.05) is 24.3 Å². The third-order valence-electron chi connectivity index (χ3n) is 6.94. The van der Waals surface area contributed by atoms with Gasteiger partial charge in [0.15, 0.2) is 0 Å². The van der Waals surface area contributed by atoms with Gasteiger partial charge >= 0.3 is 0 Å². The number of carbonyl (C=O) groups excluding carboxylic acids is 1. The van der Waals surface area contributed by atoms with Crippen LogP contribution in [0.15, 0.2) is 55.2 Å². The summed E-state index contributed by atoms with van der Waals surface area (Å²) >= 11 is 0. The maximum absolute atomic E-state index is 12.0. The highest BCUT2D eigenvalue weighted by atomic mass is 16.2. The molecule has 0 atom stereocenters. The summed E-state index contributed by atoms with van der Waals surface area (Å²) in [5.41, 5.74) is 9.54. The van der Waals surface area contributed by atoms with Crippen molar-refractivity contribution in [3.8, 4) is 33.6 Å². The summed E-state index contributed by atoms with van der Waals surface area (Å²) in [6, 6.07) is 8.53. The predicted octanol–water partition coefficient (Wildman–Crippen LogP) is 2.92. The standard InChI is InChI=1S/C28H29N9O/c1-34(2)25(38)17-37-15-18(12-31-37)11-24-29-13-21-9-10-23-26(27(21)32-24)28(36(4)33-23)20-7-5-19(6-8-20)22-14-30-35(3)16-22/h5-8,12-16H,9-11,17H2,1-4H3. The molecule has 0 unspecified atom stereocenters. The molecule has 1 aliphatic carbocycles. The van der Waals surface area contributed by atoms with Crippen LogP contribution in [0.4, 0.5) is 0 Å². The van der Waals surface area contributed by atoms with Crippen LogP contribution in [0, 0.1) is 0 Å². The second-order valence-corrected chi connectivity index (χ2v) is 9.95. The zero-order chi connectivity index (χ0) is 26.4. The number of rotatable bonds is 6. The van der Waals surface area contributed by atoms with Crippen LogP contribution in [-0.4, -0.2) is 64.2 Å². The van der Waals surface area contributed by atoms with Gasteiger partial charge in [-0.25, -0.2) is 9.97 Å². The van der Waals surface area contributed by atoms with E-state index in [0.29, 0.717) is 6.42 Å². The van der Waals surface area contributed by atoms with E-state index in [1.54, 1.807) is 29.9 Å². The van der Waals surface area contributed by atoms with Crippen molar-refractivity contribution < 1.29 is 4.79 Å². The summed E-state index contributed by atoms with van der Waals surface area (Å²) < 4.78 is 5.43. The number of benzene rings is 1. The lowest BCUT2D eigenvalue weighted by molar-refractivity contribution is -0.129. The first-order valence-corrected chi connectivity index (χ1v) is 12.6. The zero-order valence-electron chi connectivity index (χ0n) is 22.0. The van der Waals surface area contributed by atoms with Crippen LogP contribution < -0.4 is 0 Å². The molecule has 192 valence electrons. The second-order valence-electron chi connectivity index (χ2n) is 9.95. The molecule has 1 amide bonds. The molecular formula is C28H29N9O. The van der Waals surface area contributed by atoms with E-state index < -0.39 is 0 Å². The average molecular weight is 508 g/mol. The molecule has 0 fully saturated rings. The van der Waals surface area contributed by atoms with Gasteiger partial charge in [0.05, 0.1) is 29.5 Å². The smallest absolute Gasteiger partial charge is 0.243 e. The first kappa shape index (κ1) is 23.8. The third-order valence-corrected chi connectivity index (χ3v) is 6.94. The SMILES string of the molecule is CN(C)C(=O)Cn1cc(Cc2ncc3c(n2)-c2c(nn(C)c2-c2ccc(-c4cnn(C)c4)cc2)CC3)cn1. The van der Waals surface area contributed by atoms with Crippen LogP contribution in [0.2, 0.25) is 0 Å². The van der Waals surface area contributed by atoms with E-state index in [1.807, 2.05) is 48.2 Å². The summed E-state index contributed by atoms with van der Waals surface area (Å²) in [6.45, 7) is 0.208. The van der Waals surface area contributed by atoms with Gasteiger partial charge in [0, 0.05) is 69.9 Å². The minimum Gasteiger partial charge on any atom is -0.347 e. The summed E-state index contributed by atoms with van der Waals surface area (Å²) in [6.07, 6.45) is 11.8. The summed E-state index contributed by atoms with van der Waals surface area (Å²) in [5, 5.41) is 13.5. The van der Waals surface area contributed by atoms with E-state index in [9.17, 15) is 4.79 Å². The highest BCUT2D eigenvalue weighted by Crippen LogP contribution is 2.39. The Bertz CT molecular complexity index is 1640. The highest BCUT2D eigenvalue weighted by molar-refractivity contribution is 5.84. The van der Waals surface area contributed by atoms with Crippen LogP contribution in [-0.2, 0) is 44.7 Å². The van der Waals surface area contributed by atoms with Crippen LogP contribution >= 0.6 is 0 Å². The fraction of sp³-hybridized carbons (Fsp3) is 0.286. The van der Waals surface area contributed by atoms with Gasteiger partial charge in [0.25, 0.3) is 0 Å². The van der Waals surface area contributed by atoms with E-state index >= 15 is 0 Å². The van der Waals surface area contributed by atoms with E-state index in [2.05, 4.69) is 39.4 Å². The van der Waals surface area contributed by atoms with Gasteiger partial charge in [0.1, 0.15) is 12.4 Å². The Morgan fingerprint density at radius 1 is 0.947 bits per heavy atom. The van der Waals surface area contributed by atoms with Crippen molar-refractivity contribution in [3.63, 3.8) is 0 Å². The maximum atomic E-state index is 12.0. The number of carbonyl (C=O) groups is 1. The molecule has 0 saturated carbocycles. The number of hydrogen-bond donors (Lipinski definition) is 0. The van der Waals surface area contributed by atoms with Crippen LogP contribution in [0.25, 0.3) is 33.6 Å². The number of nitrogens with zero attached hydrogens (tertiary/aromatic N) is 9. The Balaban J connectivity index is 1.32. The summed E-state index contributed by atoms with van der Waals surface area (Å²) in [7, 11) is 7.40. The largest absolute Gasteiger partial charge is 0.347 e. The van der Waals surface area contributed by atoms with Crippen LogP contribution in [0.3, 0.4) is 0 Å². The van der Waals surface area contributed by atoms with Gasteiger partial charge in [0.2, 0.25) is 5.91 Å². The van der Waals surface area contributed by atoms with E-state index in [-0.39, 0.29) is 12.5 Å². The van der Waals surface area contributed by atoms with Crippen molar-refractivity contribution in [2.45, 2.75) is 25.8 Å². The van der Waals surface area contributed by atoms with Crippen molar-refractivity contribution in [2.75, 3.05) is 14.1 Å². The Hall–Kier alpha value is -4.60. The first-order chi connectivity index (χ1) is 18.4. The molecule has 10 heteroatoms. The molecule has 6 rings (SSSR count). The van der Waals surface area contributed by atoms with Crippen molar-refractivity contribution >= 4 is 5.91 Å². The lowest BCUT2D eigenvalue weighted by Gasteiger charge is -2.16. The topological polar surface area (TPSA) is 99.5 Å². The molecule has 4 aromatic heterocycles. The third kappa shape index (κ3) is 4.38. The summed E-state index contributed by atoms with van der Waals surface area (Å²) in [4.78, 5) is 23.3. The van der Waals surface area contributed by atoms with Crippen molar-refractivity contribution in [2.24, 2.45) is 14.1 Å². The highest BCUT2D eigenvalue weighted by Gasteiger charge is 2.27. The molecule has 0 spiro atoms. The van der Waals surface area contributed by atoms with Crippen LogP contribution in [0.1, 0.15) is 22.6 Å². The maximum Gasteiger partial charge on any atom is 0.243 e. The van der Waals surface area contributed by atoms with E-state index in [1.165, 1.54) is 0 Å². The molecular weight excluding hydrogens is 478 g/mol. The normalized spacial score (nSPS) is 12.3. The van der Waals surface area contributed by atoms with E-state index in [0.717, 1.165) is 69.1 Å². The Kier molecular flexibility index (Phi) is 5.86. The molecule has 38 heavy (non-hydrogen) atoms. The molecule has 0 radical (unpaired) electrons. The van der Waals surface area contributed by atoms with Crippen LogP contribution in [0.5, 0.6) is 0 Å². The van der Waals surface area contributed by atoms with Gasteiger partial charge in [-0.05, 0) is 29.5 Å². The molecule has 0 aliphatic heterocycles. The van der Waals surface area contributed by atoms with Crippen molar-refractivity contribution in [1.82, 2.24) is 44.2 Å². The van der Waals surface area contributed by atoms with E-state index in [4.69, 9.17) is 10.1 Å². The molecule has 1 aromatic carbocycles. The van der Waals surface area contributed by atoms with Gasteiger partial charge < -0.3 is 4.90 Å². The quantitative estimate of drug-likeness (QED) is 0.350.